The zero-order chi connectivity index (χ0) is 41.1. The number of benzene rings is 6. The van der Waals surface area contributed by atoms with E-state index in [0.717, 1.165) is 88.8 Å². The summed E-state index contributed by atoms with van der Waals surface area (Å²) in [5.41, 5.74) is 14.2. The molecule has 6 aromatic carbocycles. The standard InChI is InChI=1S/C56H59BNO/c1-7-39(2)10-8-12-42(5)59-56-32-29-51(30-33-56)50-26-22-47(23-27-50)43(6)57-54-31-28-52-19-16-45(36-53(52)37-54)35-41(4)46-20-24-49(25-21-46)48-17-14-44(15-18-48)34-40(3)11-9-13-55-38-58-55/h14-33,36-37,39,55,58H,3-13,34-35,38H2,1-2H3. The highest BCUT2D eigenvalue weighted by Crippen LogP contribution is 2.28. The number of ether oxygens (including phenoxy) is 1. The van der Waals surface area contributed by atoms with Gasteiger partial charge in [0.05, 0.1) is 5.76 Å². The lowest BCUT2D eigenvalue weighted by Crippen LogP contribution is -2.15. The molecule has 6 aromatic rings. The fourth-order valence-electron chi connectivity index (χ4n) is 7.79. The van der Waals surface area contributed by atoms with Crippen LogP contribution in [0.25, 0.3) is 44.1 Å². The van der Waals surface area contributed by atoms with Crippen molar-refractivity contribution in [3.8, 4) is 28.0 Å². The van der Waals surface area contributed by atoms with E-state index in [1.54, 1.807) is 0 Å². The molecule has 0 amide bonds. The molecule has 1 aliphatic rings. The van der Waals surface area contributed by atoms with Crippen LogP contribution in [-0.4, -0.2) is 19.9 Å². The summed E-state index contributed by atoms with van der Waals surface area (Å²) in [6.45, 7) is 23.1. The minimum absolute atomic E-state index is 0.751. The van der Waals surface area contributed by atoms with Crippen molar-refractivity contribution in [3.63, 3.8) is 0 Å². The van der Waals surface area contributed by atoms with Gasteiger partial charge in [-0.3, -0.25) is 0 Å². The van der Waals surface area contributed by atoms with Gasteiger partial charge < -0.3 is 10.1 Å². The van der Waals surface area contributed by atoms with Crippen LogP contribution in [0, 0.1) is 5.92 Å². The van der Waals surface area contributed by atoms with Crippen LogP contribution in [0.1, 0.15) is 81.0 Å². The fourth-order valence-corrected chi connectivity index (χ4v) is 7.79. The van der Waals surface area contributed by atoms with Gasteiger partial charge in [-0.15, -0.1) is 6.58 Å². The number of fused-ring (bicyclic) bond motifs is 1. The van der Waals surface area contributed by atoms with Crippen LogP contribution in [-0.2, 0) is 12.8 Å². The average molecular weight is 773 g/mol. The molecule has 1 fully saturated rings. The normalized spacial score (nSPS) is 13.8. The summed E-state index contributed by atoms with van der Waals surface area (Å²) in [7, 11) is 2.17. The minimum Gasteiger partial charge on any atom is -0.462 e. The van der Waals surface area contributed by atoms with Crippen LogP contribution in [0.2, 0.25) is 0 Å². The topological polar surface area (TPSA) is 31.2 Å². The molecule has 297 valence electrons. The highest BCUT2D eigenvalue weighted by atomic mass is 16.5. The van der Waals surface area contributed by atoms with Gasteiger partial charge in [-0.1, -0.05) is 184 Å². The second-order valence-corrected chi connectivity index (χ2v) is 16.7. The van der Waals surface area contributed by atoms with Gasteiger partial charge in [-0.25, -0.2) is 0 Å². The van der Waals surface area contributed by atoms with Gasteiger partial charge in [0.25, 0.3) is 0 Å². The molecule has 0 aromatic heterocycles. The zero-order valence-corrected chi connectivity index (χ0v) is 35.2. The van der Waals surface area contributed by atoms with Gasteiger partial charge in [0, 0.05) is 19.0 Å². The van der Waals surface area contributed by atoms with E-state index in [-0.39, 0.29) is 0 Å². The largest absolute Gasteiger partial charge is 0.462 e. The monoisotopic (exact) mass is 772 g/mol. The summed E-state index contributed by atoms with van der Waals surface area (Å²) in [5.74, 6) is 2.42. The smallest absolute Gasteiger partial charge is 0.191 e. The lowest BCUT2D eigenvalue weighted by Gasteiger charge is -2.12. The van der Waals surface area contributed by atoms with Crippen molar-refractivity contribution in [1.29, 1.82) is 0 Å². The van der Waals surface area contributed by atoms with Gasteiger partial charge >= 0.3 is 0 Å². The molecule has 0 spiro atoms. The molecule has 1 radical (unpaired) electrons. The van der Waals surface area contributed by atoms with E-state index < -0.39 is 0 Å². The van der Waals surface area contributed by atoms with Gasteiger partial charge in [-0.2, -0.15) is 0 Å². The maximum absolute atomic E-state index is 6.02. The molecule has 1 aliphatic heterocycles. The Morgan fingerprint density at radius 1 is 0.661 bits per heavy atom. The Labute approximate surface area is 354 Å². The highest BCUT2D eigenvalue weighted by molar-refractivity contribution is 6.73. The Hall–Kier alpha value is -5.64. The van der Waals surface area contributed by atoms with E-state index >= 15 is 0 Å². The molecule has 2 atom stereocenters. The van der Waals surface area contributed by atoms with Crippen LogP contribution >= 0.6 is 0 Å². The predicted octanol–water partition coefficient (Wildman–Crippen LogP) is 13.8. The van der Waals surface area contributed by atoms with E-state index in [1.807, 2.05) is 12.1 Å². The van der Waals surface area contributed by atoms with E-state index in [1.165, 1.54) is 76.4 Å². The SMILES string of the molecule is C=C(CCCC1CN1)Cc1ccc(-c2ccc(C(=C)Cc3ccc4ccc([B]C(=C)c5ccc(-c6ccc(OC(=C)CCCC(C)CC)cc6)cc5)cc4c3)cc2)cc1. The summed E-state index contributed by atoms with van der Waals surface area (Å²) in [5, 5.41) is 5.82. The first-order chi connectivity index (χ1) is 28.7. The zero-order valence-electron chi connectivity index (χ0n) is 35.2. The van der Waals surface area contributed by atoms with Gasteiger partial charge in [-0.05, 0) is 117 Å². The molecular formula is C56H59BNO. The summed E-state index contributed by atoms with van der Waals surface area (Å²) < 4.78 is 6.02. The van der Waals surface area contributed by atoms with Crippen molar-refractivity contribution in [3.05, 3.63) is 193 Å². The predicted molar refractivity (Wildman–Crippen MR) is 256 cm³/mol. The van der Waals surface area contributed by atoms with Crippen molar-refractivity contribution in [2.45, 2.75) is 77.7 Å². The molecule has 2 nitrogen and oxygen atoms in total. The van der Waals surface area contributed by atoms with Crippen molar-refractivity contribution in [2.75, 3.05) is 6.54 Å². The van der Waals surface area contributed by atoms with Crippen LogP contribution < -0.4 is 15.5 Å². The molecule has 7 rings (SSSR count). The number of allylic oxidation sites excluding steroid dienone is 3. The quantitative estimate of drug-likeness (QED) is 0.0342. The van der Waals surface area contributed by atoms with Crippen molar-refractivity contribution >= 4 is 34.6 Å². The fraction of sp³-hybridized carbons (Fsp3) is 0.250. The number of hydrogen-bond acceptors (Lipinski definition) is 2. The average Bonchev–Trinajstić information content (AvgIpc) is 4.09. The first-order valence-electron chi connectivity index (χ1n) is 21.6. The summed E-state index contributed by atoms with van der Waals surface area (Å²) in [6.07, 6.45) is 9.80. The second kappa shape index (κ2) is 19.9. The van der Waals surface area contributed by atoms with Gasteiger partial charge in [0.2, 0.25) is 0 Å². The van der Waals surface area contributed by atoms with Crippen LogP contribution in [0.4, 0.5) is 0 Å². The van der Waals surface area contributed by atoms with Crippen LogP contribution in [0.15, 0.2) is 171 Å². The lowest BCUT2D eigenvalue weighted by molar-refractivity contribution is 0.388. The first-order valence-corrected chi connectivity index (χ1v) is 21.6. The summed E-state index contributed by atoms with van der Waals surface area (Å²) >= 11 is 0. The maximum atomic E-state index is 6.02. The number of hydrogen-bond donors (Lipinski definition) is 1. The maximum Gasteiger partial charge on any atom is 0.191 e. The summed E-state index contributed by atoms with van der Waals surface area (Å²) in [6, 6.07) is 48.8. The third-order valence-electron chi connectivity index (χ3n) is 11.9. The Morgan fingerprint density at radius 2 is 1.25 bits per heavy atom. The Kier molecular flexibility index (Phi) is 14.0. The number of rotatable bonds is 21. The lowest BCUT2D eigenvalue weighted by atomic mass is 9.61. The van der Waals surface area contributed by atoms with Crippen LogP contribution in [0.3, 0.4) is 0 Å². The molecule has 59 heavy (non-hydrogen) atoms. The summed E-state index contributed by atoms with van der Waals surface area (Å²) in [4.78, 5) is 0. The third-order valence-corrected chi connectivity index (χ3v) is 11.9. The van der Waals surface area contributed by atoms with Crippen molar-refractivity contribution < 1.29 is 4.74 Å². The Morgan fingerprint density at radius 3 is 1.90 bits per heavy atom. The molecular weight excluding hydrogens is 713 g/mol. The van der Waals surface area contributed by atoms with Gasteiger partial charge in [0.15, 0.2) is 7.28 Å². The molecule has 1 heterocycles. The van der Waals surface area contributed by atoms with E-state index in [2.05, 4.69) is 174 Å². The number of nitrogens with one attached hydrogen (secondary N) is 1. The molecule has 3 heteroatoms. The van der Waals surface area contributed by atoms with E-state index in [0.29, 0.717) is 0 Å². The highest BCUT2D eigenvalue weighted by Gasteiger charge is 2.18. The Bertz CT molecular complexity index is 2380. The molecule has 1 N–H and O–H groups in total. The van der Waals surface area contributed by atoms with Gasteiger partial charge in [0.1, 0.15) is 5.75 Å². The molecule has 2 unspecified atom stereocenters. The van der Waals surface area contributed by atoms with Crippen LogP contribution in [0.5, 0.6) is 5.75 Å². The first kappa shape index (κ1) is 41.5. The second-order valence-electron chi connectivity index (χ2n) is 16.7. The van der Waals surface area contributed by atoms with Crippen molar-refractivity contribution in [1.82, 2.24) is 5.32 Å². The molecule has 0 aliphatic carbocycles. The third kappa shape index (κ3) is 12.0. The minimum atomic E-state index is 0.751. The molecule has 1 saturated heterocycles. The van der Waals surface area contributed by atoms with E-state index in [9.17, 15) is 0 Å². The van der Waals surface area contributed by atoms with Crippen molar-refractivity contribution in [2.24, 2.45) is 5.92 Å². The molecule has 0 saturated carbocycles. The van der Waals surface area contributed by atoms with E-state index in [4.69, 9.17) is 4.74 Å². The Balaban J connectivity index is 0.904. The molecule has 0 bridgehead atoms.